The summed E-state index contributed by atoms with van der Waals surface area (Å²) in [7, 11) is 1.71. The van der Waals surface area contributed by atoms with Crippen molar-refractivity contribution in [3.8, 4) is 0 Å². The lowest BCUT2D eigenvalue weighted by Crippen LogP contribution is -2.16. The fourth-order valence-electron chi connectivity index (χ4n) is 1.99. The summed E-state index contributed by atoms with van der Waals surface area (Å²) in [4.78, 5) is 0. The average Bonchev–Trinajstić information content (AvgIpc) is 3.09. The Kier molecular flexibility index (Phi) is 3.64. The van der Waals surface area contributed by atoms with Crippen LogP contribution in [0.5, 0.6) is 0 Å². The minimum absolute atomic E-state index is 0.0179. The van der Waals surface area contributed by atoms with Gasteiger partial charge >= 0.3 is 6.18 Å². The van der Waals surface area contributed by atoms with E-state index in [4.69, 9.17) is 0 Å². The predicted molar refractivity (Wildman–Crippen MR) is 72.4 cm³/mol. The fraction of sp³-hybridized carbons (Fsp3) is 0.333. The maximum absolute atomic E-state index is 12.8. The molecule has 0 aliphatic heterocycles. The summed E-state index contributed by atoms with van der Waals surface area (Å²) in [5, 5.41) is 27.0. The molecule has 0 bridgehead atoms. The lowest BCUT2D eigenvalue weighted by atomic mass is 10.2. The number of alkyl halides is 3. The van der Waals surface area contributed by atoms with E-state index in [0.717, 1.165) is 0 Å². The number of nitrogens with one attached hydrogen (secondary N) is 1. The zero-order valence-electron chi connectivity index (χ0n) is 11.9. The molecule has 23 heavy (non-hydrogen) atoms. The van der Waals surface area contributed by atoms with Gasteiger partial charge in [-0.15, -0.1) is 15.3 Å². The van der Waals surface area contributed by atoms with Crippen LogP contribution in [0.15, 0.2) is 24.5 Å². The Balaban J connectivity index is 1.78. The molecule has 8 nitrogen and oxygen atoms in total. The van der Waals surface area contributed by atoms with Crippen molar-refractivity contribution in [2.75, 3.05) is 11.9 Å². The van der Waals surface area contributed by atoms with E-state index in [9.17, 15) is 18.3 Å². The molecule has 3 heterocycles. The molecule has 2 N–H and O–H groups in total. The van der Waals surface area contributed by atoms with E-state index in [1.54, 1.807) is 13.2 Å². The molecule has 0 saturated carbocycles. The summed E-state index contributed by atoms with van der Waals surface area (Å²) < 4.78 is 40.5. The zero-order valence-corrected chi connectivity index (χ0v) is 11.9. The first-order valence-corrected chi connectivity index (χ1v) is 6.55. The number of hydrogen-bond acceptors (Lipinski definition) is 6. The van der Waals surface area contributed by atoms with Crippen molar-refractivity contribution >= 4 is 11.5 Å². The molecule has 3 rings (SSSR count). The Morgan fingerprint density at radius 3 is 2.74 bits per heavy atom. The van der Waals surface area contributed by atoms with E-state index < -0.39 is 18.1 Å². The predicted octanol–water partition coefficient (Wildman–Crippen LogP) is 1.02. The molecule has 0 aromatic carbocycles. The number of aromatic nitrogens is 6. The third-order valence-corrected chi connectivity index (χ3v) is 3.10. The molecule has 3 aromatic heterocycles. The van der Waals surface area contributed by atoms with Crippen LogP contribution < -0.4 is 5.32 Å². The number of halogens is 3. The molecular weight excluding hydrogens is 315 g/mol. The van der Waals surface area contributed by atoms with Crippen molar-refractivity contribution in [1.82, 2.24) is 29.6 Å². The molecule has 0 fully saturated rings. The van der Waals surface area contributed by atoms with Gasteiger partial charge in [0.1, 0.15) is 5.82 Å². The Morgan fingerprint density at radius 1 is 1.30 bits per heavy atom. The van der Waals surface area contributed by atoms with E-state index in [2.05, 4.69) is 25.7 Å². The Morgan fingerprint density at radius 2 is 2.09 bits per heavy atom. The van der Waals surface area contributed by atoms with Gasteiger partial charge < -0.3 is 10.4 Å². The van der Waals surface area contributed by atoms with E-state index in [0.29, 0.717) is 10.1 Å². The maximum atomic E-state index is 12.8. The van der Waals surface area contributed by atoms with Crippen LogP contribution in [0, 0.1) is 0 Å². The van der Waals surface area contributed by atoms with Crippen LogP contribution in [0.1, 0.15) is 17.5 Å². The highest BCUT2D eigenvalue weighted by atomic mass is 19.4. The number of aryl methyl sites for hydroxylation is 1. The fourth-order valence-corrected chi connectivity index (χ4v) is 1.99. The summed E-state index contributed by atoms with van der Waals surface area (Å²) in [5.74, 6) is -1.05. The third-order valence-electron chi connectivity index (χ3n) is 3.10. The summed E-state index contributed by atoms with van der Waals surface area (Å²) in [6.07, 6.45) is -2.38. The van der Waals surface area contributed by atoms with Crippen LogP contribution in [0.3, 0.4) is 0 Å². The number of anilines is 1. The van der Waals surface area contributed by atoms with Crippen molar-refractivity contribution in [1.29, 1.82) is 0 Å². The lowest BCUT2D eigenvalue weighted by molar-refractivity contribution is -0.146. The van der Waals surface area contributed by atoms with Gasteiger partial charge in [-0.1, -0.05) is 0 Å². The molecular formula is C12H12F3N7O. The monoisotopic (exact) mass is 327 g/mol. The first-order valence-electron chi connectivity index (χ1n) is 6.55. The maximum Gasteiger partial charge on any atom is 0.453 e. The Bertz CT molecular complexity index is 826. The van der Waals surface area contributed by atoms with Crippen molar-refractivity contribution in [2.24, 2.45) is 7.05 Å². The van der Waals surface area contributed by atoms with Crippen molar-refractivity contribution in [2.45, 2.75) is 12.3 Å². The van der Waals surface area contributed by atoms with Gasteiger partial charge in [-0.05, 0) is 12.1 Å². The second kappa shape index (κ2) is 5.50. The minimum atomic E-state index is -4.65. The molecule has 122 valence electrons. The second-order valence-electron chi connectivity index (χ2n) is 4.85. The number of rotatable bonds is 4. The van der Waals surface area contributed by atoms with Crippen LogP contribution in [-0.2, 0) is 13.2 Å². The number of aliphatic hydroxyl groups is 1. The standard InChI is InChI=1S/C12H12F3N7O/c1-21-6-7(4-17-21)8(23)5-16-9-2-3-10-18-19-11(12(13,14)15)22(10)20-9/h2-4,6,8,23H,5H2,1H3,(H,16,20). The summed E-state index contributed by atoms with van der Waals surface area (Å²) in [6, 6.07) is 2.81. The van der Waals surface area contributed by atoms with Gasteiger partial charge in [0.25, 0.3) is 5.82 Å². The van der Waals surface area contributed by atoms with Gasteiger partial charge in [-0.3, -0.25) is 4.68 Å². The molecule has 0 amide bonds. The van der Waals surface area contributed by atoms with Gasteiger partial charge in [0.05, 0.1) is 12.3 Å². The molecule has 0 spiro atoms. The van der Waals surface area contributed by atoms with Crippen LogP contribution >= 0.6 is 0 Å². The van der Waals surface area contributed by atoms with E-state index in [1.807, 2.05) is 0 Å². The van der Waals surface area contributed by atoms with E-state index in [-0.39, 0.29) is 18.0 Å². The molecule has 0 saturated heterocycles. The Labute approximate surface area is 127 Å². The highest BCUT2D eigenvalue weighted by Crippen LogP contribution is 2.27. The summed E-state index contributed by atoms with van der Waals surface area (Å²) in [5.41, 5.74) is 0.567. The topological polar surface area (TPSA) is 93.2 Å². The molecule has 0 aliphatic carbocycles. The molecule has 1 unspecified atom stereocenters. The van der Waals surface area contributed by atoms with Gasteiger partial charge in [-0.2, -0.15) is 22.8 Å². The molecule has 3 aromatic rings. The van der Waals surface area contributed by atoms with Crippen molar-refractivity contribution in [3.05, 3.63) is 35.9 Å². The SMILES string of the molecule is Cn1cc(C(O)CNc2ccc3nnc(C(F)(F)F)n3n2)cn1. The second-order valence-corrected chi connectivity index (χ2v) is 4.85. The van der Waals surface area contributed by atoms with Gasteiger partial charge in [0.2, 0.25) is 0 Å². The van der Waals surface area contributed by atoms with E-state index >= 15 is 0 Å². The van der Waals surface area contributed by atoms with Crippen LogP contribution in [0.4, 0.5) is 19.0 Å². The molecule has 1 atom stereocenters. The van der Waals surface area contributed by atoms with Crippen LogP contribution in [-0.4, -0.2) is 41.2 Å². The lowest BCUT2D eigenvalue weighted by Gasteiger charge is -2.11. The van der Waals surface area contributed by atoms with Gasteiger partial charge in [-0.25, -0.2) is 0 Å². The number of aliphatic hydroxyl groups excluding tert-OH is 1. The van der Waals surface area contributed by atoms with E-state index in [1.165, 1.54) is 23.0 Å². The average molecular weight is 327 g/mol. The number of nitrogens with zero attached hydrogens (tertiary/aromatic N) is 6. The molecule has 0 radical (unpaired) electrons. The van der Waals surface area contributed by atoms with Gasteiger partial charge in [0, 0.05) is 25.4 Å². The van der Waals surface area contributed by atoms with Crippen LogP contribution in [0.25, 0.3) is 5.65 Å². The minimum Gasteiger partial charge on any atom is -0.386 e. The summed E-state index contributed by atoms with van der Waals surface area (Å²) in [6.45, 7) is 0.0632. The highest BCUT2D eigenvalue weighted by Gasteiger charge is 2.37. The normalized spacial score (nSPS) is 13.4. The van der Waals surface area contributed by atoms with Crippen LogP contribution in [0.2, 0.25) is 0 Å². The largest absolute Gasteiger partial charge is 0.453 e. The quantitative estimate of drug-likeness (QED) is 0.743. The first kappa shape index (κ1) is 15.2. The third kappa shape index (κ3) is 3.08. The highest BCUT2D eigenvalue weighted by molar-refractivity contribution is 5.44. The smallest absolute Gasteiger partial charge is 0.386 e. The van der Waals surface area contributed by atoms with Crippen molar-refractivity contribution in [3.63, 3.8) is 0 Å². The number of fused-ring (bicyclic) bond motifs is 1. The molecule has 0 aliphatic rings. The molecule has 11 heteroatoms. The van der Waals surface area contributed by atoms with Gasteiger partial charge in [0.15, 0.2) is 5.65 Å². The zero-order chi connectivity index (χ0) is 16.6. The Hall–Kier alpha value is -2.69. The number of hydrogen-bond donors (Lipinski definition) is 2. The first-order chi connectivity index (χ1) is 10.8. The summed E-state index contributed by atoms with van der Waals surface area (Å²) >= 11 is 0. The van der Waals surface area contributed by atoms with Crippen molar-refractivity contribution < 1.29 is 18.3 Å².